The van der Waals surface area contributed by atoms with Crippen molar-refractivity contribution in [3.8, 4) is 5.75 Å². The van der Waals surface area contributed by atoms with E-state index >= 15 is 0 Å². The summed E-state index contributed by atoms with van der Waals surface area (Å²) < 4.78 is 5.72. The van der Waals surface area contributed by atoms with Crippen LogP contribution in [0.4, 0.5) is 5.69 Å². The van der Waals surface area contributed by atoms with Crippen LogP contribution in [-0.4, -0.2) is 17.7 Å². The topological polar surface area (TPSA) is 50.7 Å². The van der Waals surface area contributed by atoms with E-state index < -0.39 is 0 Å². The summed E-state index contributed by atoms with van der Waals surface area (Å²) >= 11 is 1.34. The molecule has 2 heterocycles. The maximum absolute atomic E-state index is 12.1. The van der Waals surface area contributed by atoms with Crippen LogP contribution in [0.5, 0.6) is 5.75 Å². The lowest BCUT2D eigenvalue weighted by molar-refractivity contribution is -0.115. The van der Waals surface area contributed by atoms with Crippen LogP contribution in [0.3, 0.4) is 0 Å². The van der Waals surface area contributed by atoms with Gasteiger partial charge in [-0.1, -0.05) is 36.4 Å². The van der Waals surface area contributed by atoms with Crippen LogP contribution in [-0.2, 0) is 4.79 Å². The molecular weight excluding hydrogens is 320 g/mol. The summed E-state index contributed by atoms with van der Waals surface area (Å²) in [5, 5.41) is 3.39. The number of aliphatic imine (C=N–C) groups is 1. The molecule has 24 heavy (non-hydrogen) atoms. The largest absolute Gasteiger partial charge is 0.488 e. The number of nitrogens with zero attached hydrogens (tertiary/aromatic N) is 1. The molecule has 0 aliphatic carbocycles. The maximum Gasteiger partial charge on any atom is 0.264 e. The Balaban J connectivity index is 1.57. The zero-order chi connectivity index (χ0) is 16.4. The second-order valence-corrected chi connectivity index (χ2v) is 6.39. The first-order valence-corrected chi connectivity index (χ1v) is 8.37. The summed E-state index contributed by atoms with van der Waals surface area (Å²) in [6.07, 6.45) is 3.91. The number of carbonyl (C=O) groups is 1. The standard InChI is InChI=1S/C19H14N2O2S/c22-18-17(24-19(21-18)20-15-7-2-1-3-8-15)11-13-10-14-6-4-5-9-16(14)23-12-13/h1-11H,12H2,(H,20,21,22). The number of fused-ring (bicyclic) bond motifs is 1. The predicted octanol–water partition coefficient (Wildman–Crippen LogP) is 3.90. The van der Waals surface area contributed by atoms with E-state index in [4.69, 9.17) is 4.74 Å². The van der Waals surface area contributed by atoms with E-state index in [1.54, 1.807) is 0 Å². The van der Waals surface area contributed by atoms with E-state index in [9.17, 15) is 4.79 Å². The van der Waals surface area contributed by atoms with Crippen LogP contribution < -0.4 is 10.1 Å². The van der Waals surface area contributed by atoms with Crippen LogP contribution in [0, 0.1) is 0 Å². The van der Waals surface area contributed by atoms with E-state index in [-0.39, 0.29) is 5.91 Å². The molecule has 0 spiro atoms. The Labute approximate surface area is 143 Å². The molecule has 2 aliphatic rings. The van der Waals surface area contributed by atoms with Gasteiger partial charge in [-0.25, -0.2) is 4.99 Å². The van der Waals surface area contributed by atoms with Crippen molar-refractivity contribution in [1.29, 1.82) is 0 Å². The van der Waals surface area contributed by atoms with Gasteiger partial charge in [0.05, 0.1) is 10.6 Å². The molecule has 4 nitrogen and oxygen atoms in total. The van der Waals surface area contributed by atoms with Crippen molar-refractivity contribution < 1.29 is 9.53 Å². The Kier molecular flexibility index (Phi) is 3.92. The van der Waals surface area contributed by atoms with Gasteiger partial charge in [-0.15, -0.1) is 0 Å². The Morgan fingerprint density at radius 2 is 1.88 bits per heavy atom. The van der Waals surface area contributed by atoms with Gasteiger partial charge in [-0.2, -0.15) is 0 Å². The lowest BCUT2D eigenvalue weighted by atomic mass is 10.1. The minimum absolute atomic E-state index is 0.130. The average Bonchev–Trinajstić information content (AvgIpc) is 2.95. The summed E-state index contributed by atoms with van der Waals surface area (Å²) in [6.45, 7) is 0.458. The van der Waals surface area contributed by atoms with Crippen molar-refractivity contribution in [3.63, 3.8) is 0 Å². The molecule has 118 valence electrons. The third-order valence-corrected chi connectivity index (χ3v) is 4.52. The molecule has 4 rings (SSSR count). The molecule has 1 fully saturated rings. The summed E-state index contributed by atoms with van der Waals surface area (Å²) in [5.41, 5.74) is 2.81. The highest BCUT2D eigenvalue weighted by Gasteiger charge is 2.24. The van der Waals surface area contributed by atoms with Crippen LogP contribution in [0.1, 0.15) is 5.56 Å². The van der Waals surface area contributed by atoms with Gasteiger partial charge in [0, 0.05) is 5.56 Å². The monoisotopic (exact) mass is 334 g/mol. The number of amidine groups is 1. The number of thioether (sulfide) groups is 1. The lowest BCUT2D eigenvalue weighted by Gasteiger charge is -2.15. The zero-order valence-corrected chi connectivity index (χ0v) is 13.5. The molecule has 0 atom stereocenters. The van der Waals surface area contributed by atoms with Gasteiger partial charge in [0.15, 0.2) is 5.17 Å². The van der Waals surface area contributed by atoms with Gasteiger partial charge in [0.25, 0.3) is 5.91 Å². The van der Waals surface area contributed by atoms with Gasteiger partial charge in [-0.3, -0.25) is 4.79 Å². The summed E-state index contributed by atoms with van der Waals surface area (Å²) in [7, 11) is 0. The normalized spacial score (nSPS) is 19.7. The quantitative estimate of drug-likeness (QED) is 0.848. The molecule has 5 heteroatoms. The van der Waals surface area contributed by atoms with Crippen LogP contribution in [0.2, 0.25) is 0 Å². The highest BCUT2D eigenvalue weighted by Crippen LogP contribution is 2.30. The van der Waals surface area contributed by atoms with Crippen molar-refractivity contribution in [2.75, 3.05) is 6.61 Å². The van der Waals surface area contributed by atoms with Crippen molar-refractivity contribution >= 4 is 34.6 Å². The van der Waals surface area contributed by atoms with E-state index in [1.165, 1.54) is 11.8 Å². The molecular formula is C19H14N2O2S. The van der Waals surface area contributed by atoms with Gasteiger partial charge >= 0.3 is 0 Å². The van der Waals surface area contributed by atoms with Crippen molar-refractivity contribution in [2.24, 2.45) is 4.99 Å². The number of amides is 1. The summed E-state index contributed by atoms with van der Waals surface area (Å²) in [4.78, 5) is 17.2. The smallest absolute Gasteiger partial charge is 0.264 e. The molecule has 1 amide bonds. The van der Waals surface area contributed by atoms with Gasteiger partial charge in [0.2, 0.25) is 0 Å². The molecule has 0 unspecified atom stereocenters. The minimum atomic E-state index is -0.130. The van der Waals surface area contributed by atoms with Gasteiger partial charge in [0.1, 0.15) is 12.4 Å². The van der Waals surface area contributed by atoms with Crippen molar-refractivity contribution in [1.82, 2.24) is 5.32 Å². The number of hydrogen-bond donors (Lipinski definition) is 1. The number of ether oxygens (including phenoxy) is 1. The molecule has 2 aliphatic heterocycles. The van der Waals surface area contributed by atoms with E-state index in [0.717, 1.165) is 22.6 Å². The molecule has 0 bridgehead atoms. The first kappa shape index (κ1) is 14.8. The maximum atomic E-state index is 12.1. The molecule has 0 radical (unpaired) electrons. The first-order valence-electron chi connectivity index (χ1n) is 7.55. The number of nitrogens with one attached hydrogen (secondary N) is 1. The number of benzene rings is 2. The van der Waals surface area contributed by atoms with Crippen LogP contribution in [0.25, 0.3) is 6.08 Å². The number of hydrogen-bond acceptors (Lipinski definition) is 4. The molecule has 0 aromatic heterocycles. The number of rotatable bonds is 2. The third-order valence-electron chi connectivity index (χ3n) is 3.61. The SMILES string of the molecule is O=C1NC(=Nc2ccccc2)SC1=CC1=Cc2ccccc2OC1. The Bertz CT molecular complexity index is 885. The second kappa shape index (κ2) is 6.37. The molecule has 2 aromatic carbocycles. The third kappa shape index (κ3) is 3.12. The molecule has 1 N–H and O–H groups in total. The van der Waals surface area contributed by atoms with E-state index in [2.05, 4.69) is 10.3 Å². The van der Waals surface area contributed by atoms with E-state index in [0.29, 0.717) is 16.7 Å². The fourth-order valence-corrected chi connectivity index (χ4v) is 3.34. The summed E-state index contributed by atoms with van der Waals surface area (Å²) in [5.74, 6) is 0.740. The van der Waals surface area contributed by atoms with E-state index in [1.807, 2.05) is 66.7 Å². The Morgan fingerprint density at radius 3 is 2.75 bits per heavy atom. The van der Waals surface area contributed by atoms with Gasteiger partial charge in [-0.05, 0) is 47.7 Å². The van der Waals surface area contributed by atoms with Crippen LogP contribution in [0.15, 0.2) is 76.1 Å². The Hall–Kier alpha value is -2.79. The molecule has 0 saturated carbocycles. The van der Waals surface area contributed by atoms with Crippen LogP contribution >= 0.6 is 11.8 Å². The molecule has 1 saturated heterocycles. The second-order valence-electron chi connectivity index (χ2n) is 5.36. The highest BCUT2D eigenvalue weighted by molar-refractivity contribution is 8.18. The average molecular weight is 334 g/mol. The fourth-order valence-electron chi connectivity index (χ4n) is 2.49. The van der Waals surface area contributed by atoms with Crippen molar-refractivity contribution in [2.45, 2.75) is 0 Å². The Morgan fingerprint density at radius 1 is 1.08 bits per heavy atom. The predicted molar refractivity (Wildman–Crippen MR) is 97.3 cm³/mol. The first-order chi connectivity index (χ1) is 11.8. The zero-order valence-electron chi connectivity index (χ0n) is 12.7. The number of carbonyl (C=O) groups excluding carboxylic acids is 1. The molecule has 2 aromatic rings. The minimum Gasteiger partial charge on any atom is -0.488 e. The lowest BCUT2D eigenvalue weighted by Crippen LogP contribution is -2.19. The number of para-hydroxylation sites is 2. The highest BCUT2D eigenvalue weighted by atomic mass is 32.2. The fraction of sp³-hybridized carbons (Fsp3) is 0.0526. The summed E-state index contributed by atoms with van der Waals surface area (Å²) in [6, 6.07) is 17.4. The van der Waals surface area contributed by atoms with Crippen molar-refractivity contribution in [3.05, 3.63) is 76.7 Å². The van der Waals surface area contributed by atoms with Gasteiger partial charge < -0.3 is 10.1 Å².